The van der Waals surface area contributed by atoms with E-state index in [2.05, 4.69) is 17.4 Å². The smallest absolute Gasteiger partial charge is 0.120 e. The average Bonchev–Trinajstić information content (AvgIpc) is 2.49. The summed E-state index contributed by atoms with van der Waals surface area (Å²) in [5, 5.41) is 12.1. The van der Waals surface area contributed by atoms with Gasteiger partial charge in [-0.2, -0.15) is 0 Å². The molecule has 1 rings (SSSR count). The summed E-state index contributed by atoms with van der Waals surface area (Å²) in [6.45, 7) is 6.22. The van der Waals surface area contributed by atoms with Crippen molar-refractivity contribution in [1.29, 1.82) is 0 Å². The van der Waals surface area contributed by atoms with E-state index in [0.717, 1.165) is 18.5 Å². The lowest BCUT2D eigenvalue weighted by atomic mass is 10.1. The van der Waals surface area contributed by atoms with Gasteiger partial charge in [0, 0.05) is 38.4 Å². The predicted octanol–water partition coefficient (Wildman–Crippen LogP) is 2.33. The molecule has 0 saturated heterocycles. The number of hydrazine groups is 1. The third kappa shape index (κ3) is 5.63. The topological polar surface area (TPSA) is 54.0 Å². The summed E-state index contributed by atoms with van der Waals surface area (Å²) in [5.41, 5.74) is 4.34. The number of para-hydroxylation sites is 1. The largest absolute Gasteiger partial charge is 0.508 e. The lowest BCUT2D eigenvalue weighted by molar-refractivity contribution is 0.0220. The Kier molecular flexibility index (Phi) is 8.30. The summed E-state index contributed by atoms with van der Waals surface area (Å²) < 4.78 is 10.5. The monoisotopic (exact) mass is 296 g/mol. The van der Waals surface area contributed by atoms with Crippen LogP contribution in [-0.4, -0.2) is 50.1 Å². The van der Waals surface area contributed by atoms with Crippen molar-refractivity contribution in [1.82, 2.24) is 10.4 Å². The van der Waals surface area contributed by atoms with Gasteiger partial charge in [0.2, 0.25) is 0 Å². The molecule has 0 bridgehead atoms. The van der Waals surface area contributed by atoms with Gasteiger partial charge in [-0.1, -0.05) is 25.1 Å². The molecule has 1 unspecified atom stereocenters. The molecule has 0 aliphatic rings. The fraction of sp³-hybridized carbons (Fsp3) is 0.625. The van der Waals surface area contributed by atoms with E-state index in [1.54, 1.807) is 20.3 Å². The van der Waals surface area contributed by atoms with Crippen molar-refractivity contribution >= 4 is 0 Å². The number of nitrogens with zero attached hydrogens (tertiary/aromatic N) is 1. The quantitative estimate of drug-likeness (QED) is 0.649. The molecule has 0 amide bonds. The van der Waals surface area contributed by atoms with Gasteiger partial charge in [-0.05, 0) is 19.4 Å². The second kappa shape index (κ2) is 9.73. The van der Waals surface area contributed by atoms with E-state index in [4.69, 9.17) is 9.47 Å². The molecule has 0 saturated carbocycles. The Bertz CT molecular complexity index is 401. The number of rotatable bonds is 10. The first-order valence-electron chi connectivity index (χ1n) is 7.42. The first-order chi connectivity index (χ1) is 10.1. The fourth-order valence-electron chi connectivity index (χ4n) is 2.33. The van der Waals surface area contributed by atoms with Crippen LogP contribution < -0.4 is 5.43 Å². The Morgan fingerprint density at radius 3 is 2.52 bits per heavy atom. The highest BCUT2D eigenvalue weighted by molar-refractivity contribution is 5.33. The molecule has 0 aliphatic carbocycles. The van der Waals surface area contributed by atoms with Gasteiger partial charge in [-0.15, -0.1) is 0 Å². The van der Waals surface area contributed by atoms with Crippen molar-refractivity contribution in [3.05, 3.63) is 29.8 Å². The molecule has 5 nitrogen and oxygen atoms in total. The van der Waals surface area contributed by atoms with Crippen LogP contribution in [-0.2, 0) is 9.47 Å². The zero-order chi connectivity index (χ0) is 15.7. The number of methoxy groups -OCH3 is 2. The van der Waals surface area contributed by atoms with E-state index in [1.807, 2.05) is 25.1 Å². The lowest BCUT2D eigenvalue weighted by Gasteiger charge is -2.33. The molecule has 2 atom stereocenters. The minimum Gasteiger partial charge on any atom is -0.508 e. The van der Waals surface area contributed by atoms with Crippen LogP contribution >= 0.6 is 0 Å². The number of phenols is 1. The summed E-state index contributed by atoms with van der Waals surface area (Å²) in [5.74, 6) is 0.309. The molecule has 5 heteroatoms. The number of hydrogen-bond donors (Lipinski definition) is 2. The van der Waals surface area contributed by atoms with E-state index < -0.39 is 0 Å². The second-order valence-corrected chi connectivity index (χ2v) is 5.11. The van der Waals surface area contributed by atoms with Crippen LogP contribution in [0.1, 0.15) is 31.9 Å². The van der Waals surface area contributed by atoms with Crippen LogP contribution in [0.3, 0.4) is 0 Å². The number of benzene rings is 1. The standard InChI is InChI=1S/C16H28N2O3/c1-5-14(12-21-4)18(10-11-20-3)17-13(2)15-8-6-7-9-16(15)19/h6-9,13-14,17,19H,5,10-12H2,1-4H3/t13?,14-/m1/s1. The average molecular weight is 296 g/mol. The summed E-state index contributed by atoms with van der Waals surface area (Å²) in [6.07, 6.45) is 0.970. The molecule has 2 N–H and O–H groups in total. The highest BCUT2D eigenvalue weighted by Gasteiger charge is 2.20. The van der Waals surface area contributed by atoms with E-state index in [0.29, 0.717) is 19.0 Å². The molecule has 0 fully saturated rings. The van der Waals surface area contributed by atoms with Crippen molar-refractivity contribution in [3.8, 4) is 5.75 Å². The third-order valence-corrected chi connectivity index (χ3v) is 3.57. The van der Waals surface area contributed by atoms with Gasteiger partial charge in [-0.25, -0.2) is 10.4 Å². The number of hydrogen-bond acceptors (Lipinski definition) is 5. The SMILES string of the molecule is CC[C@H](COC)N(CCOC)NC(C)c1ccccc1O. The van der Waals surface area contributed by atoms with Crippen molar-refractivity contribution in [2.75, 3.05) is 34.0 Å². The maximum atomic E-state index is 9.96. The van der Waals surface area contributed by atoms with E-state index in [1.165, 1.54) is 0 Å². The number of aromatic hydroxyl groups is 1. The minimum absolute atomic E-state index is 0.00830. The zero-order valence-corrected chi connectivity index (χ0v) is 13.5. The van der Waals surface area contributed by atoms with E-state index in [9.17, 15) is 5.11 Å². The maximum Gasteiger partial charge on any atom is 0.120 e. The van der Waals surface area contributed by atoms with Gasteiger partial charge in [0.1, 0.15) is 5.75 Å². The second-order valence-electron chi connectivity index (χ2n) is 5.11. The molecule has 0 spiro atoms. The summed E-state index contributed by atoms with van der Waals surface area (Å²) >= 11 is 0. The molecule has 0 aromatic heterocycles. The van der Waals surface area contributed by atoms with Crippen LogP contribution in [0.25, 0.3) is 0 Å². The molecular weight excluding hydrogens is 268 g/mol. The molecule has 0 aliphatic heterocycles. The van der Waals surface area contributed by atoms with Crippen LogP contribution in [0.5, 0.6) is 5.75 Å². The van der Waals surface area contributed by atoms with Crippen LogP contribution in [0.15, 0.2) is 24.3 Å². The van der Waals surface area contributed by atoms with Crippen molar-refractivity contribution < 1.29 is 14.6 Å². The number of phenolic OH excluding ortho intramolecular Hbond substituents is 1. The van der Waals surface area contributed by atoms with Crippen LogP contribution in [0, 0.1) is 0 Å². The minimum atomic E-state index is 0.00830. The molecule has 1 aromatic rings. The van der Waals surface area contributed by atoms with Crippen LogP contribution in [0.2, 0.25) is 0 Å². The maximum absolute atomic E-state index is 9.96. The molecule has 21 heavy (non-hydrogen) atoms. The molecule has 1 aromatic carbocycles. The molecule has 0 heterocycles. The number of nitrogens with one attached hydrogen (secondary N) is 1. The predicted molar refractivity (Wildman–Crippen MR) is 84.2 cm³/mol. The Hall–Kier alpha value is -1.14. The Morgan fingerprint density at radius 2 is 1.95 bits per heavy atom. The van der Waals surface area contributed by atoms with Crippen molar-refractivity contribution in [2.24, 2.45) is 0 Å². The summed E-state index contributed by atoms with van der Waals surface area (Å²) in [7, 11) is 3.41. The van der Waals surface area contributed by atoms with Crippen LogP contribution in [0.4, 0.5) is 0 Å². The Labute approximate surface area is 127 Å². The lowest BCUT2D eigenvalue weighted by Crippen LogP contribution is -2.49. The highest BCUT2D eigenvalue weighted by atomic mass is 16.5. The molecule has 0 radical (unpaired) electrons. The van der Waals surface area contributed by atoms with Gasteiger partial charge < -0.3 is 14.6 Å². The highest BCUT2D eigenvalue weighted by Crippen LogP contribution is 2.23. The van der Waals surface area contributed by atoms with Gasteiger partial charge in [0.15, 0.2) is 0 Å². The Balaban J connectivity index is 2.77. The first-order valence-corrected chi connectivity index (χ1v) is 7.42. The zero-order valence-electron chi connectivity index (χ0n) is 13.5. The van der Waals surface area contributed by atoms with E-state index in [-0.39, 0.29) is 12.1 Å². The normalized spacial score (nSPS) is 14.3. The van der Waals surface area contributed by atoms with E-state index >= 15 is 0 Å². The van der Waals surface area contributed by atoms with Crippen molar-refractivity contribution in [2.45, 2.75) is 32.4 Å². The Morgan fingerprint density at radius 1 is 1.24 bits per heavy atom. The van der Waals surface area contributed by atoms with Gasteiger partial charge in [-0.3, -0.25) is 0 Å². The molecule has 120 valence electrons. The summed E-state index contributed by atoms with van der Waals surface area (Å²) in [6, 6.07) is 7.67. The van der Waals surface area contributed by atoms with Crippen molar-refractivity contribution in [3.63, 3.8) is 0 Å². The number of ether oxygens (including phenoxy) is 2. The summed E-state index contributed by atoms with van der Waals surface area (Å²) in [4.78, 5) is 0. The fourth-order valence-corrected chi connectivity index (χ4v) is 2.33. The third-order valence-electron chi connectivity index (χ3n) is 3.57. The van der Waals surface area contributed by atoms with Gasteiger partial charge in [0.25, 0.3) is 0 Å². The molecular formula is C16H28N2O3. The first kappa shape index (κ1) is 17.9. The van der Waals surface area contributed by atoms with Gasteiger partial charge >= 0.3 is 0 Å². The van der Waals surface area contributed by atoms with Gasteiger partial charge in [0.05, 0.1) is 13.2 Å².